The molecular weight excluding hydrogens is 680 g/mol. The first-order chi connectivity index (χ1) is 18.1. The van der Waals surface area contributed by atoms with Crippen molar-refractivity contribution in [3.05, 3.63) is 0 Å². The van der Waals surface area contributed by atoms with Gasteiger partial charge in [-0.05, 0) is 172 Å². The van der Waals surface area contributed by atoms with Gasteiger partial charge >= 0.3 is 0 Å². The highest BCUT2D eigenvalue weighted by Crippen LogP contribution is 2.90. The van der Waals surface area contributed by atoms with Gasteiger partial charge in [0.1, 0.15) is 0 Å². The van der Waals surface area contributed by atoms with Gasteiger partial charge in [-0.3, -0.25) is 10.2 Å². The average Bonchev–Trinajstić information content (AvgIpc) is 2.54. The summed E-state index contributed by atoms with van der Waals surface area (Å²) in [4.78, 5) is 0. The van der Waals surface area contributed by atoms with E-state index in [1.54, 1.807) is 0 Å². The molecule has 2 N–H and O–H groups in total. The fourth-order valence-corrected chi connectivity index (χ4v) is 39.7. The van der Waals surface area contributed by atoms with Gasteiger partial charge in [-0.25, -0.2) is 0 Å². The zero-order valence-corrected chi connectivity index (χ0v) is 36.3. The van der Waals surface area contributed by atoms with Gasteiger partial charge < -0.3 is 9.05 Å². The SMILES string of the molecule is CC(C)(C)NP1(=S)N(C(C)(C)C)P(=S)(OCCOP2(=S)N(C(C)(C)C)P(=S)(NC(C)(C)C)N2C(C)(C)C)N1C(C)(C)C. The maximum atomic E-state index is 6.77. The highest BCUT2D eigenvalue weighted by molar-refractivity contribution is 8.28. The van der Waals surface area contributed by atoms with Crippen molar-refractivity contribution in [2.24, 2.45) is 0 Å². The Morgan fingerprint density at radius 1 is 0.429 bits per heavy atom. The first-order valence-electron chi connectivity index (χ1n) is 14.6. The second-order valence-electron chi connectivity index (χ2n) is 17.3. The van der Waals surface area contributed by atoms with Gasteiger partial charge in [-0.2, -0.15) is 17.8 Å². The van der Waals surface area contributed by atoms with Gasteiger partial charge in [0, 0.05) is 33.2 Å². The number of nitrogens with zero attached hydrogens (tertiary/aromatic N) is 4. The Bertz CT molecular complexity index is 1070. The van der Waals surface area contributed by atoms with Gasteiger partial charge in [-0.1, -0.05) is 0 Å². The quantitative estimate of drug-likeness (QED) is 0.194. The van der Waals surface area contributed by atoms with Crippen LogP contribution in [-0.4, -0.2) is 64.2 Å². The smallest absolute Gasteiger partial charge is 0.216 e. The van der Waals surface area contributed by atoms with Crippen molar-refractivity contribution in [1.82, 2.24) is 27.9 Å². The predicted molar refractivity (Wildman–Crippen MR) is 201 cm³/mol. The van der Waals surface area contributed by atoms with E-state index >= 15 is 0 Å². The van der Waals surface area contributed by atoms with E-state index in [-0.39, 0.29) is 33.2 Å². The molecule has 8 nitrogen and oxygen atoms in total. The molecule has 0 bridgehead atoms. The van der Waals surface area contributed by atoms with Crippen molar-refractivity contribution in [1.29, 1.82) is 0 Å². The van der Waals surface area contributed by atoms with E-state index in [0.29, 0.717) is 13.2 Å². The van der Waals surface area contributed by atoms with Crippen LogP contribution in [0, 0.1) is 0 Å². The van der Waals surface area contributed by atoms with Crippen LogP contribution in [0.4, 0.5) is 0 Å². The highest BCUT2D eigenvalue weighted by atomic mass is 32.5. The van der Waals surface area contributed by atoms with Crippen LogP contribution < -0.4 is 10.2 Å². The van der Waals surface area contributed by atoms with Crippen LogP contribution in [-0.2, 0) is 56.3 Å². The van der Waals surface area contributed by atoms with Crippen molar-refractivity contribution in [2.45, 2.75) is 158 Å². The third kappa shape index (κ3) is 7.94. The molecule has 2 rings (SSSR count). The Kier molecular flexibility index (Phi) is 11.6. The number of hydrogen-bond donors (Lipinski definition) is 2. The lowest BCUT2D eigenvalue weighted by Gasteiger charge is -2.69. The minimum Gasteiger partial charge on any atom is -0.324 e. The first-order valence-corrected chi connectivity index (χ1v) is 25.3. The number of rotatable bonds is 7. The molecule has 0 atom stereocenters. The lowest BCUT2D eigenvalue weighted by atomic mass is 10.1. The second kappa shape index (κ2) is 12.0. The molecule has 42 heavy (non-hydrogen) atoms. The Balaban J connectivity index is 2.44. The third-order valence-corrected chi connectivity index (χ3v) is 31.7. The zero-order chi connectivity index (χ0) is 33.6. The Morgan fingerprint density at radius 2 is 0.619 bits per heavy atom. The van der Waals surface area contributed by atoms with Crippen LogP contribution in [0.1, 0.15) is 125 Å². The molecule has 0 aromatic heterocycles. The maximum Gasteiger partial charge on any atom is 0.216 e. The topological polar surface area (TPSA) is 55.5 Å². The summed E-state index contributed by atoms with van der Waals surface area (Å²) in [7, 11) is 0. The molecule has 0 amide bonds. The van der Waals surface area contributed by atoms with Crippen molar-refractivity contribution >= 4 is 73.3 Å². The largest absolute Gasteiger partial charge is 0.324 e. The van der Waals surface area contributed by atoms with Crippen LogP contribution in [0.2, 0.25) is 0 Å². The third-order valence-electron chi connectivity index (χ3n) is 5.95. The highest BCUT2D eigenvalue weighted by Gasteiger charge is 2.68. The van der Waals surface area contributed by atoms with E-state index in [2.05, 4.69) is 153 Å². The van der Waals surface area contributed by atoms with E-state index in [1.165, 1.54) is 0 Å². The van der Waals surface area contributed by atoms with E-state index in [4.69, 9.17) is 56.3 Å². The zero-order valence-electron chi connectivity index (χ0n) is 29.4. The summed E-state index contributed by atoms with van der Waals surface area (Å²) in [5.41, 5.74) is -1.45. The summed E-state index contributed by atoms with van der Waals surface area (Å²) in [6.07, 6.45) is 0. The Labute approximate surface area is 279 Å². The molecule has 0 radical (unpaired) electrons. The molecule has 16 heteroatoms. The summed E-state index contributed by atoms with van der Waals surface area (Å²) in [5.74, 6) is 0. The van der Waals surface area contributed by atoms with Crippen molar-refractivity contribution in [2.75, 3.05) is 13.2 Å². The molecule has 2 heterocycles. The summed E-state index contributed by atoms with van der Waals surface area (Å²) in [5, 5.41) is 7.59. The fraction of sp³-hybridized carbons (Fsp3) is 1.00. The van der Waals surface area contributed by atoms with Crippen molar-refractivity contribution in [3.8, 4) is 0 Å². The number of nitrogens with one attached hydrogen (secondary N) is 2. The molecule has 2 saturated heterocycles. The van der Waals surface area contributed by atoms with E-state index in [9.17, 15) is 0 Å². The van der Waals surface area contributed by atoms with Crippen LogP contribution in [0.3, 0.4) is 0 Å². The predicted octanol–water partition coefficient (Wildman–Crippen LogP) is 9.12. The van der Waals surface area contributed by atoms with Gasteiger partial charge in [0.2, 0.25) is 13.1 Å². The lowest BCUT2D eigenvalue weighted by Crippen LogP contribution is -2.62. The molecule has 2 fully saturated rings. The monoisotopic (exact) mass is 740 g/mol. The molecular formula is C26H60N6O2P4S4. The molecule has 250 valence electrons. The van der Waals surface area contributed by atoms with Gasteiger partial charge in [0.25, 0.3) is 0 Å². The van der Waals surface area contributed by atoms with E-state index in [1.807, 2.05) is 0 Å². The fourth-order valence-electron chi connectivity index (χ4n) is 5.61. The maximum absolute atomic E-state index is 6.77. The van der Waals surface area contributed by atoms with Crippen molar-refractivity contribution in [3.63, 3.8) is 0 Å². The molecule has 0 aliphatic carbocycles. The first kappa shape index (κ1) is 40.5. The van der Waals surface area contributed by atoms with Gasteiger partial charge in [0.05, 0.1) is 13.2 Å². The van der Waals surface area contributed by atoms with Crippen LogP contribution in [0.15, 0.2) is 0 Å². The normalized spacial score (nSPS) is 33.5. The molecule has 0 aromatic carbocycles. The van der Waals surface area contributed by atoms with Crippen molar-refractivity contribution < 1.29 is 9.05 Å². The van der Waals surface area contributed by atoms with E-state index in [0.717, 1.165) is 0 Å². The lowest BCUT2D eigenvalue weighted by molar-refractivity contribution is 0.153. The Morgan fingerprint density at radius 3 is 0.762 bits per heavy atom. The van der Waals surface area contributed by atoms with E-state index < -0.39 is 26.1 Å². The molecule has 2 aliphatic heterocycles. The van der Waals surface area contributed by atoms with Crippen LogP contribution in [0.5, 0.6) is 0 Å². The number of hydrogen-bond acceptors (Lipinski definition) is 6. The summed E-state index contributed by atoms with van der Waals surface area (Å²) in [6, 6.07) is 0. The van der Waals surface area contributed by atoms with Crippen LogP contribution in [0.25, 0.3) is 0 Å². The Hall–Kier alpha value is 2.28. The summed E-state index contributed by atoms with van der Waals surface area (Å²) < 4.78 is 22.8. The average molecular weight is 741 g/mol. The minimum absolute atomic E-state index is 0.177. The van der Waals surface area contributed by atoms with Crippen LogP contribution >= 0.6 is 26.1 Å². The van der Waals surface area contributed by atoms with Gasteiger partial charge in [0.15, 0.2) is 13.0 Å². The molecule has 0 spiro atoms. The summed E-state index contributed by atoms with van der Waals surface area (Å²) >= 11 is 25.9. The molecule has 0 unspecified atom stereocenters. The second-order valence-corrected chi connectivity index (χ2v) is 32.8. The summed E-state index contributed by atoms with van der Waals surface area (Å²) in [6.45, 7) is 29.6. The molecule has 2 aliphatic rings. The molecule has 0 aromatic rings. The van der Waals surface area contributed by atoms with Gasteiger partial charge in [-0.15, -0.1) is 0 Å². The molecule has 0 saturated carbocycles. The minimum atomic E-state index is -2.66. The standard InChI is InChI=1S/C26H60N6O2P4S4/c1-21(2,3)27-35(39)29(23(7,8)9)37(41,30(35)24(10,11)12)33-19-20-34-38(42)31(25(13,14)15)36(40,28-22(4,5)6)32(38)26(16,17)18/h19-20H2,1-18H3,(H,27,39)(H,28,40).